The number of hydrogen-bond donors (Lipinski definition) is 2. The van der Waals surface area contributed by atoms with Crippen molar-refractivity contribution in [2.24, 2.45) is 5.73 Å². The minimum Gasteiger partial charge on any atom is -0.392 e. The maximum atomic E-state index is 8.06. The third-order valence-corrected chi connectivity index (χ3v) is 0.408. The average Bonchev–Trinajstić information content (AvgIpc) is 1.61. The maximum Gasteiger partial charge on any atom is 0.0612 e. The lowest BCUT2D eigenvalue weighted by Crippen LogP contribution is -1.92. The monoisotopic (exact) mass is 87.1 g/mol. The van der Waals surface area contributed by atoms with Crippen LogP contribution >= 0.6 is 0 Å². The van der Waals surface area contributed by atoms with E-state index in [9.17, 15) is 0 Å². The van der Waals surface area contributed by atoms with Gasteiger partial charge < -0.3 is 10.8 Å². The Balaban J connectivity index is 2.73. The lowest BCUT2D eigenvalue weighted by molar-refractivity contribution is 0.342. The Morgan fingerprint density at radius 1 is 1.50 bits per heavy atom. The zero-order chi connectivity index (χ0) is 4.83. The molecular weight excluding hydrogens is 78.0 g/mol. The second kappa shape index (κ2) is 4.66. The molecular formula is C4H9NO. The van der Waals surface area contributed by atoms with Crippen molar-refractivity contribution in [1.82, 2.24) is 0 Å². The summed E-state index contributed by atoms with van der Waals surface area (Å²) in [6.07, 6.45) is 3.32. The van der Waals surface area contributed by atoms with Gasteiger partial charge in [-0.3, -0.25) is 0 Å². The molecule has 36 valence electrons. The molecule has 0 atom stereocenters. The van der Waals surface area contributed by atoms with Crippen molar-refractivity contribution in [3.8, 4) is 0 Å². The first kappa shape index (κ1) is 5.66. The molecule has 3 N–H and O–H groups in total. The van der Waals surface area contributed by atoms with Crippen LogP contribution in [0.15, 0.2) is 12.2 Å². The van der Waals surface area contributed by atoms with Gasteiger partial charge >= 0.3 is 0 Å². The highest BCUT2D eigenvalue weighted by Gasteiger charge is 1.60. The molecule has 0 fully saturated rings. The Kier molecular flexibility index (Phi) is 4.40. The molecule has 0 aliphatic rings. The highest BCUT2D eigenvalue weighted by molar-refractivity contribution is 4.80. The van der Waals surface area contributed by atoms with Gasteiger partial charge in [0.2, 0.25) is 0 Å². The molecule has 0 rings (SSSR count). The minimum absolute atomic E-state index is 0.0944. The van der Waals surface area contributed by atoms with E-state index < -0.39 is 0 Å². The standard InChI is InChI=1S/C4H9NO/c5-3-1-2-4-6/h1-2,6H,3-5H2/b2-1-. The van der Waals surface area contributed by atoms with E-state index in [1.807, 2.05) is 0 Å². The Morgan fingerprint density at radius 2 is 2.17 bits per heavy atom. The Labute approximate surface area is 37.3 Å². The summed E-state index contributed by atoms with van der Waals surface area (Å²) in [5, 5.41) is 8.06. The van der Waals surface area contributed by atoms with Gasteiger partial charge in [0.25, 0.3) is 0 Å². The van der Waals surface area contributed by atoms with Crippen LogP contribution < -0.4 is 5.73 Å². The fourth-order valence-electron chi connectivity index (χ4n) is 0.171. The van der Waals surface area contributed by atoms with Gasteiger partial charge in [0.15, 0.2) is 0 Å². The van der Waals surface area contributed by atoms with E-state index in [2.05, 4.69) is 0 Å². The molecule has 0 amide bonds. The van der Waals surface area contributed by atoms with E-state index >= 15 is 0 Å². The summed E-state index contributed by atoms with van der Waals surface area (Å²) >= 11 is 0. The Bertz CT molecular complexity index is 36.8. The molecule has 0 saturated carbocycles. The Hall–Kier alpha value is -0.340. The van der Waals surface area contributed by atoms with E-state index in [0.29, 0.717) is 6.54 Å². The van der Waals surface area contributed by atoms with Crippen LogP contribution in [-0.4, -0.2) is 18.3 Å². The van der Waals surface area contributed by atoms with Gasteiger partial charge in [-0.15, -0.1) is 0 Å². The van der Waals surface area contributed by atoms with Crippen molar-refractivity contribution in [3.63, 3.8) is 0 Å². The number of aliphatic hydroxyl groups is 1. The van der Waals surface area contributed by atoms with Crippen molar-refractivity contribution >= 4 is 0 Å². The molecule has 0 unspecified atom stereocenters. The van der Waals surface area contributed by atoms with Gasteiger partial charge in [0, 0.05) is 6.54 Å². The van der Waals surface area contributed by atoms with Gasteiger partial charge in [-0.1, -0.05) is 12.2 Å². The van der Waals surface area contributed by atoms with Crippen molar-refractivity contribution in [3.05, 3.63) is 12.2 Å². The summed E-state index contributed by atoms with van der Waals surface area (Å²) in [4.78, 5) is 0. The van der Waals surface area contributed by atoms with E-state index in [0.717, 1.165) is 0 Å². The average molecular weight is 87.1 g/mol. The van der Waals surface area contributed by atoms with Crippen molar-refractivity contribution in [2.45, 2.75) is 0 Å². The SMILES string of the molecule is NC/C=C\CO. The van der Waals surface area contributed by atoms with Crippen molar-refractivity contribution in [2.75, 3.05) is 13.2 Å². The third kappa shape index (κ3) is 3.66. The van der Waals surface area contributed by atoms with Crippen LogP contribution in [0.25, 0.3) is 0 Å². The van der Waals surface area contributed by atoms with Crippen molar-refractivity contribution < 1.29 is 5.11 Å². The van der Waals surface area contributed by atoms with Crippen LogP contribution in [0.5, 0.6) is 0 Å². The second-order valence-corrected chi connectivity index (χ2v) is 0.890. The molecule has 0 aromatic carbocycles. The van der Waals surface area contributed by atoms with Gasteiger partial charge in [-0.25, -0.2) is 0 Å². The number of hydrogen-bond acceptors (Lipinski definition) is 2. The van der Waals surface area contributed by atoms with Gasteiger partial charge in [0.1, 0.15) is 0 Å². The van der Waals surface area contributed by atoms with Crippen LogP contribution in [0, 0.1) is 0 Å². The molecule has 0 aromatic rings. The van der Waals surface area contributed by atoms with E-state index in [1.54, 1.807) is 12.2 Å². The number of aliphatic hydroxyl groups excluding tert-OH is 1. The first-order valence-electron chi connectivity index (χ1n) is 1.87. The van der Waals surface area contributed by atoms with E-state index in [4.69, 9.17) is 10.8 Å². The van der Waals surface area contributed by atoms with Crippen LogP contribution in [0.2, 0.25) is 0 Å². The largest absolute Gasteiger partial charge is 0.392 e. The predicted octanol–water partition coefficient (Wildman–Crippen LogP) is -0.506. The van der Waals surface area contributed by atoms with E-state index in [-0.39, 0.29) is 6.61 Å². The lowest BCUT2D eigenvalue weighted by atomic mass is 10.5. The molecule has 0 aromatic heterocycles. The molecule has 2 heteroatoms. The quantitative estimate of drug-likeness (QED) is 0.446. The van der Waals surface area contributed by atoms with E-state index in [1.165, 1.54) is 0 Å². The molecule has 6 heavy (non-hydrogen) atoms. The molecule has 0 saturated heterocycles. The van der Waals surface area contributed by atoms with Gasteiger partial charge in [-0.05, 0) is 0 Å². The zero-order valence-electron chi connectivity index (χ0n) is 3.59. The molecule has 0 heterocycles. The highest BCUT2D eigenvalue weighted by atomic mass is 16.2. The smallest absolute Gasteiger partial charge is 0.0612 e. The zero-order valence-corrected chi connectivity index (χ0v) is 3.59. The summed E-state index contributed by atoms with van der Waals surface area (Å²) in [7, 11) is 0. The molecule has 0 aliphatic carbocycles. The van der Waals surface area contributed by atoms with Crippen LogP contribution in [0.4, 0.5) is 0 Å². The fraction of sp³-hybridized carbons (Fsp3) is 0.500. The second-order valence-electron chi connectivity index (χ2n) is 0.890. The third-order valence-electron chi connectivity index (χ3n) is 0.408. The first-order valence-corrected chi connectivity index (χ1v) is 1.87. The molecule has 0 aliphatic heterocycles. The van der Waals surface area contributed by atoms with Crippen LogP contribution in [0.3, 0.4) is 0 Å². The van der Waals surface area contributed by atoms with Gasteiger partial charge in [0.05, 0.1) is 6.61 Å². The topological polar surface area (TPSA) is 46.2 Å². The summed E-state index contributed by atoms with van der Waals surface area (Å²) in [5.74, 6) is 0. The van der Waals surface area contributed by atoms with Gasteiger partial charge in [-0.2, -0.15) is 0 Å². The highest BCUT2D eigenvalue weighted by Crippen LogP contribution is 1.61. The minimum atomic E-state index is 0.0944. The molecule has 0 radical (unpaired) electrons. The Morgan fingerprint density at radius 3 is 2.33 bits per heavy atom. The first-order chi connectivity index (χ1) is 2.91. The summed E-state index contributed by atoms with van der Waals surface area (Å²) in [6, 6.07) is 0. The summed E-state index contributed by atoms with van der Waals surface area (Å²) < 4.78 is 0. The fourth-order valence-corrected chi connectivity index (χ4v) is 0.171. The molecule has 2 nitrogen and oxygen atoms in total. The van der Waals surface area contributed by atoms with Crippen molar-refractivity contribution in [1.29, 1.82) is 0 Å². The normalized spacial score (nSPS) is 10.3. The number of rotatable bonds is 2. The number of nitrogens with two attached hydrogens (primary N) is 1. The van der Waals surface area contributed by atoms with Crippen LogP contribution in [0.1, 0.15) is 0 Å². The maximum absolute atomic E-state index is 8.06. The summed E-state index contributed by atoms with van der Waals surface area (Å²) in [6.45, 7) is 0.609. The molecule has 0 bridgehead atoms. The van der Waals surface area contributed by atoms with Crippen LogP contribution in [-0.2, 0) is 0 Å². The molecule has 0 spiro atoms. The lowest BCUT2D eigenvalue weighted by Gasteiger charge is -1.73. The predicted molar refractivity (Wildman–Crippen MR) is 25.3 cm³/mol. The summed E-state index contributed by atoms with van der Waals surface area (Å²) in [5.41, 5.74) is 5.02.